The molecule has 0 aliphatic rings. The number of rotatable bonds is 9. The number of nitriles is 1. The van der Waals surface area contributed by atoms with Gasteiger partial charge < -0.3 is 9.53 Å². The zero-order valence-electron chi connectivity index (χ0n) is 17.1. The molecule has 0 fully saturated rings. The average molecular weight is 410 g/mol. The molecule has 0 saturated carbocycles. The van der Waals surface area contributed by atoms with Gasteiger partial charge in [-0.3, -0.25) is 9.59 Å². The summed E-state index contributed by atoms with van der Waals surface area (Å²) in [5.41, 5.74) is 0. The van der Waals surface area contributed by atoms with Crippen LogP contribution < -0.4 is 10.4 Å². The fourth-order valence-electron chi connectivity index (χ4n) is 3.69. The van der Waals surface area contributed by atoms with Crippen molar-refractivity contribution in [2.24, 2.45) is 0 Å². The van der Waals surface area contributed by atoms with Crippen molar-refractivity contribution in [3.05, 3.63) is 60.7 Å². The molecule has 1 N–H and O–H groups in total. The maximum absolute atomic E-state index is 12.2. The molecule has 1 unspecified atom stereocenters. The molecule has 1 atom stereocenters. The van der Waals surface area contributed by atoms with Crippen LogP contribution in [-0.4, -0.2) is 31.3 Å². The zero-order valence-corrected chi connectivity index (χ0v) is 18.1. The summed E-state index contributed by atoms with van der Waals surface area (Å²) in [5, 5.41) is 20.1. The normalized spacial score (nSPS) is 12.8. The van der Waals surface area contributed by atoms with Gasteiger partial charge in [-0.05, 0) is 15.4 Å². The summed E-state index contributed by atoms with van der Waals surface area (Å²) < 4.78 is 6.77. The highest BCUT2D eigenvalue weighted by Gasteiger charge is 2.51. The summed E-state index contributed by atoms with van der Waals surface area (Å²) in [6, 6.07) is 22.0. The Morgan fingerprint density at radius 1 is 1.03 bits per heavy atom. The van der Waals surface area contributed by atoms with Crippen LogP contribution in [0.3, 0.4) is 0 Å². The number of hydrogen-bond acceptors (Lipinski definition) is 4. The highest BCUT2D eigenvalue weighted by atomic mass is 28.4. The Balaban J connectivity index is 2.58. The summed E-state index contributed by atoms with van der Waals surface area (Å²) in [4.78, 5) is 23.1. The topological polar surface area (TPSA) is 87.4 Å². The molecule has 0 saturated heterocycles. The molecule has 0 spiro atoms. The minimum Gasteiger partial charge on any atom is -0.481 e. The van der Waals surface area contributed by atoms with Gasteiger partial charge in [0.1, 0.15) is 12.2 Å². The third-order valence-corrected chi connectivity index (χ3v) is 9.97. The Morgan fingerprint density at radius 3 is 1.90 bits per heavy atom. The molecule has 0 aromatic heterocycles. The third-order valence-electron chi connectivity index (χ3n) is 4.88. The second kappa shape index (κ2) is 9.64. The number of Topliss-reactive ketones (excluding diaryl/α,β-unsaturated/α-hetero) is 1. The Kier molecular flexibility index (Phi) is 7.49. The summed E-state index contributed by atoms with van der Waals surface area (Å²) in [5.74, 6) is -1.60. The lowest BCUT2D eigenvalue weighted by atomic mass is 10.1. The van der Waals surface area contributed by atoms with Crippen molar-refractivity contribution in [2.45, 2.75) is 51.2 Å². The van der Waals surface area contributed by atoms with Gasteiger partial charge in [-0.1, -0.05) is 81.4 Å². The number of nitrogens with zero attached hydrogens (tertiary/aromatic N) is 1. The van der Waals surface area contributed by atoms with Gasteiger partial charge in [0.15, 0.2) is 0 Å². The third kappa shape index (κ3) is 5.40. The zero-order chi connectivity index (χ0) is 21.5. The van der Waals surface area contributed by atoms with E-state index in [1.54, 1.807) is 0 Å². The van der Waals surface area contributed by atoms with E-state index in [9.17, 15) is 14.9 Å². The number of carboxylic acid groups (broad SMARTS) is 1. The first-order valence-electron chi connectivity index (χ1n) is 9.60. The van der Waals surface area contributed by atoms with E-state index < -0.39 is 32.6 Å². The van der Waals surface area contributed by atoms with Crippen LogP contribution in [0.1, 0.15) is 40.0 Å². The first-order valence-corrected chi connectivity index (χ1v) is 11.5. The first-order chi connectivity index (χ1) is 13.7. The second-order valence-electron chi connectivity index (χ2n) is 8.08. The van der Waals surface area contributed by atoms with Gasteiger partial charge in [-0.15, -0.1) is 0 Å². The van der Waals surface area contributed by atoms with Gasteiger partial charge in [0.2, 0.25) is 0 Å². The van der Waals surface area contributed by atoms with Crippen LogP contribution in [0.5, 0.6) is 0 Å². The maximum Gasteiger partial charge on any atom is 0.310 e. The average Bonchev–Trinajstić information content (AvgIpc) is 2.66. The van der Waals surface area contributed by atoms with Gasteiger partial charge in [0.25, 0.3) is 8.32 Å². The molecule has 0 aliphatic carbocycles. The number of carbonyl (C=O) groups excluding carboxylic acids is 1. The molecule has 0 radical (unpaired) electrons. The standard InChI is InChI=1S/C23H27NO4Si/c1-23(2,3)29(20-10-6-4-7-11-20,21-12-8-5-9-13-21)28-19(14-15-24)16-18(25)17-22(26)27/h4-13,19H,14,16-17H2,1-3H3,(H,26,27). The summed E-state index contributed by atoms with van der Waals surface area (Å²) in [6.07, 6.45) is -1.30. The molecular weight excluding hydrogens is 382 g/mol. The predicted molar refractivity (Wildman–Crippen MR) is 115 cm³/mol. The van der Waals surface area contributed by atoms with Crippen molar-refractivity contribution >= 4 is 30.4 Å². The van der Waals surface area contributed by atoms with E-state index >= 15 is 0 Å². The molecule has 2 aromatic carbocycles. The molecule has 2 rings (SSSR count). The predicted octanol–water partition coefficient (Wildman–Crippen LogP) is 3.28. The SMILES string of the molecule is CC(C)(C)[Si](OC(CC#N)CC(=O)CC(=O)O)(c1ccccc1)c1ccccc1. The Morgan fingerprint density at radius 2 is 1.52 bits per heavy atom. The number of hydrogen-bond donors (Lipinski definition) is 1. The number of carbonyl (C=O) groups is 2. The molecule has 0 amide bonds. The fourth-order valence-corrected chi connectivity index (χ4v) is 8.37. The van der Waals surface area contributed by atoms with Crippen LogP contribution in [0, 0.1) is 11.3 Å². The molecule has 29 heavy (non-hydrogen) atoms. The van der Waals surface area contributed by atoms with E-state index in [-0.39, 0.29) is 17.9 Å². The number of carboxylic acids is 1. The van der Waals surface area contributed by atoms with Crippen LogP contribution in [0.25, 0.3) is 0 Å². The van der Waals surface area contributed by atoms with E-state index in [1.165, 1.54) is 0 Å². The maximum atomic E-state index is 12.2. The van der Waals surface area contributed by atoms with Crippen LogP contribution >= 0.6 is 0 Å². The summed E-state index contributed by atoms with van der Waals surface area (Å²) in [6.45, 7) is 6.34. The van der Waals surface area contributed by atoms with Crippen molar-refractivity contribution in [1.29, 1.82) is 5.26 Å². The van der Waals surface area contributed by atoms with Crippen LogP contribution in [0.4, 0.5) is 0 Å². The van der Waals surface area contributed by atoms with Gasteiger partial charge in [-0.2, -0.15) is 5.26 Å². The lowest BCUT2D eigenvalue weighted by molar-refractivity contribution is -0.140. The lowest BCUT2D eigenvalue weighted by Crippen LogP contribution is -2.67. The summed E-state index contributed by atoms with van der Waals surface area (Å²) in [7, 11) is -2.91. The van der Waals surface area contributed by atoms with Gasteiger partial charge in [-0.25, -0.2) is 0 Å². The summed E-state index contributed by atoms with van der Waals surface area (Å²) >= 11 is 0. The minimum atomic E-state index is -2.91. The van der Waals surface area contributed by atoms with E-state index in [2.05, 4.69) is 26.8 Å². The molecule has 5 nitrogen and oxygen atoms in total. The fraction of sp³-hybridized carbons (Fsp3) is 0.348. The van der Waals surface area contributed by atoms with Crippen molar-refractivity contribution in [2.75, 3.05) is 0 Å². The van der Waals surface area contributed by atoms with Gasteiger partial charge in [0.05, 0.1) is 18.6 Å². The number of ketones is 1. The highest BCUT2D eigenvalue weighted by molar-refractivity contribution is 6.99. The van der Waals surface area contributed by atoms with E-state index in [4.69, 9.17) is 9.53 Å². The molecule has 0 heterocycles. The Hall–Kier alpha value is -2.75. The first kappa shape index (κ1) is 22.5. The van der Waals surface area contributed by atoms with Crippen molar-refractivity contribution in [3.8, 4) is 6.07 Å². The molecule has 2 aromatic rings. The lowest BCUT2D eigenvalue weighted by Gasteiger charge is -2.45. The van der Waals surface area contributed by atoms with E-state index in [0.29, 0.717) is 0 Å². The Labute approximate surface area is 173 Å². The number of aliphatic carboxylic acids is 1. The Bertz CT molecular complexity index is 830. The second-order valence-corrected chi connectivity index (χ2v) is 12.3. The molecule has 6 heteroatoms. The molecule has 152 valence electrons. The monoisotopic (exact) mass is 409 g/mol. The van der Waals surface area contributed by atoms with Crippen molar-refractivity contribution < 1.29 is 19.1 Å². The van der Waals surface area contributed by atoms with Crippen molar-refractivity contribution in [3.63, 3.8) is 0 Å². The largest absolute Gasteiger partial charge is 0.481 e. The molecule has 0 bridgehead atoms. The van der Waals surface area contributed by atoms with E-state index in [0.717, 1.165) is 10.4 Å². The smallest absolute Gasteiger partial charge is 0.310 e. The quantitative estimate of drug-likeness (QED) is 0.507. The van der Waals surface area contributed by atoms with Gasteiger partial charge >= 0.3 is 5.97 Å². The molecular formula is C23H27NO4Si. The van der Waals surface area contributed by atoms with Crippen LogP contribution in [0.2, 0.25) is 5.04 Å². The molecule has 0 aliphatic heterocycles. The highest BCUT2D eigenvalue weighted by Crippen LogP contribution is 2.38. The van der Waals surface area contributed by atoms with Crippen LogP contribution in [-0.2, 0) is 14.0 Å². The van der Waals surface area contributed by atoms with Crippen LogP contribution in [0.15, 0.2) is 60.7 Å². The van der Waals surface area contributed by atoms with Crippen molar-refractivity contribution in [1.82, 2.24) is 0 Å². The minimum absolute atomic E-state index is 0.0237. The van der Waals surface area contributed by atoms with E-state index in [1.807, 2.05) is 60.7 Å². The number of benzene rings is 2. The van der Waals surface area contributed by atoms with Gasteiger partial charge in [0, 0.05) is 6.42 Å².